The molecule has 0 aliphatic carbocycles. The number of amides is 1. The zero-order valence-electron chi connectivity index (χ0n) is 14.0. The molecule has 126 valence electrons. The molecule has 0 saturated carbocycles. The Bertz CT molecular complexity index is 545. The van der Waals surface area contributed by atoms with Gasteiger partial charge in [0.15, 0.2) is 11.5 Å². The maximum absolute atomic E-state index is 12.2. The Morgan fingerprint density at radius 2 is 2.17 bits per heavy atom. The summed E-state index contributed by atoms with van der Waals surface area (Å²) in [5, 5.41) is 3.50. The first-order valence-electron chi connectivity index (χ1n) is 8.05. The molecule has 5 nitrogen and oxygen atoms in total. The smallest absolute Gasteiger partial charge is 0.222 e. The van der Waals surface area contributed by atoms with Crippen LogP contribution >= 0.6 is 0 Å². The van der Waals surface area contributed by atoms with Gasteiger partial charge in [-0.1, -0.05) is 6.08 Å². The van der Waals surface area contributed by atoms with E-state index in [2.05, 4.69) is 11.9 Å². The molecule has 0 unspecified atom stereocenters. The number of likely N-dealkylation sites (tertiary alicyclic amines) is 1. The molecule has 1 saturated heterocycles. The largest absolute Gasteiger partial charge is 0.493 e. The number of ether oxygens (including phenoxy) is 2. The number of carbonyl (C=O) groups excluding carboxylic acids is 1. The van der Waals surface area contributed by atoms with Crippen molar-refractivity contribution in [3.63, 3.8) is 0 Å². The van der Waals surface area contributed by atoms with Crippen molar-refractivity contribution in [2.45, 2.75) is 31.7 Å². The number of benzene rings is 1. The zero-order chi connectivity index (χ0) is 16.7. The molecule has 5 heteroatoms. The van der Waals surface area contributed by atoms with Crippen LogP contribution in [0.5, 0.6) is 11.5 Å². The van der Waals surface area contributed by atoms with Gasteiger partial charge < -0.3 is 19.7 Å². The van der Waals surface area contributed by atoms with Gasteiger partial charge in [0.25, 0.3) is 0 Å². The lowest BCUT2D eigenvalue weighted by molar-refractivity contribution is -0.132. The molecule has 1 N–H and O–H groups in total. The average Bonchev–Trinajstić information content (AvgIpc) is 2.59. The van der Waals surface area contributed by atoms with Gasteiger partial charge in [0.2, 0.25) is 5.91 Å². The summed E-state index contributed by atoms with van der Waals surface area (Å²) in [6.45, 7) is 5.26. The van der Waals surface area contributed by atoms with Crippen molar-refractivity contribution in [2.75, 3.05) is 32.6 Å². The average molecular weight is 318 g/mol. The summed E-state index contributed by atoms with van der Waals surface area (Å²) in [6.07, 6.45) is 5.15. The molecular weight excluding hydrogens is 292 g/mol. The number of nitrogens with one attached hydrogen (secondary N) is 1. The summed E-state index contributed by atoms with van der Waals surface area (Å²) in [5.74, 6) is 1.62. The van der Waals surface area contributed by atoms with E-state index in [9.17, 15) is 4.79 Å². The monoisotopic (exact) mass is 318 g/mol. The molecule has 0 radical (unpaired) electrons. The van der Waals surface area contributed by atoms with Crippen LogP contribution in [-0.2, 0) is 4.79 Å². The summed E-state index contributed by atoms with van der Waals surface area (Å²) in [5.41, 5.74) is 0.980. The van der Waals surface area contributed by atoms with E-state index in [1.807, 2.05) is 23.1 Å². The number of hydrogen-bond acceptors (Lipinski definition) is 4. The molecule has 1 aromatic rings. The van der Waals surface area contributed by atoms with Gasteiger partial charge in [0.1, 0.15) is 0 Å². The van der Waals surface area contributed by atoms with Gasteiger partial charge in [-0.25, -0.2) is 0 Å². The zero-order valence-corrected chi connectivity index (χ0v) is 14.0. The summed E-state index contributed by atoms with van der Waals surface area (Å²) in [6, 6.07) is 6.04. The van der Waals surface area contributed by atoms with Gasteiger partial charge in [-0.2, -0.15) is 0 Å². The van der Waals surface area contributed by atoms with E-state index < -0.39 is 0 Å². The summed E-state index contributed by atoms with van der Waals surface area (Å²) >= 11 is 0. The lowest BCUT2D eigenvalue weighted by Gasteiger charge is -2.34. The maximum atomic E-state index is 12.2. The van der Waals surface area contributed by atoms with Gasteiger partial charge in [-0.05, 0) is 31.4 Å². The highest BCUT2D eigenvalue weighted by Gasteiger charge is 2.23. The topological polar surface area (TPSA) is 50.8 Å². The summed E-state index contributed by atoms with van der Waals surface area (Å²) < 4.78 is 10.6. The number of hydrogen-bond donors (Lipinski definition) is 1. The van der Waals surface area contributed by atoms with E-state index in [-0.39, 0.29) is 11.9 Å². The summed E-state index contributed by atoms with van der Waals surface area (Å²) in [4.78, 5) is 14.1. The molecule has 1 heterocycles. The standard InChI is InChI=1S/C18H26N2O3/c1-4-5-8-18(21)20-11-6-7-15(13-20)19-14-9-10-16(22-2)17(12-14)23-3/h4,9-10,12,15,19H,1,5-8,11,13H2,2-3H3/t15-/m1/s1. The number of nitrogens with zero attached hydrogens (tertiary/aromatic N) is 1. The van der Waals surface area contributed by atoms with Gasteiger partial charge >= 0.3 is 0 Å². The molecule has 2 rings (SSSR count). The van der Waals surface area contributed by atoms with Crippen molar-refractivity contribution >= 4 is 11.6 Å². The van der Waals surface area contributed by atoms with E-state index >= 15 is 0 Å². The van der Waals surface area contributed by atoms with Crippen LogP contribution in [0, 0.1) is 0 Å². The SMILES string of the molecule is C=CCCC(=O)N1CCC[C@@H](Nc2ccc(OC)c(OC)c2)C1. The number of allylic oxidation sites excluding steroid dienone is 1. The number of methoxy groups -OCH3 is 2. The van der Waals surface area contributed by atoms with E-state index in [1.54, 1.807) is 20.3 Å². The molecule has 1 amide bonds. The number of carbonyl (C=O) groups is 1. The highest BCUT2D eigenvalue weighted by molar-refractivity contribution is 5.76. The third-order valence-electron chi connectivity index (χ3n) is 4.09. The molecule has 23 heavy (non-hydrogen) atoms. The molecule has 1 aromatic carbocycles. The molecule has 1 aliphatic heterocycles. The maximum Gasteiger partial charge on any atom is 0.222 e. The minimum atomic E-state index is 0.212. The normalized spacial score (nSPS) is 17.5. The van der Waals surface area contributed by atoms with Crippen LogP contribution in [0.2, 0.25) is 0 Å². The first-order valence-corrected chi connectivity index (χ1v) is 8.05. The number of rotatable bonds is 7. The molecule has 0 bridgehead atoms. The Kier molecular flexibility index (Phi) is 6.32. The molecule has 0 spiro atoms. The third-order valence-corrected chi connectivity index (χ3v) is 4.09. The molecule has 0 aromatic heterocycles. The third kappa shape index (κ3) is 4.65. The van der Waals surface area contributed by atoms with E-state index in [4.69, 9.17) is 9.47 Å². The van der Waals surface area contributed by atoms with Gasteiger partial charge in [-0.15, -0.1) is 6.58 Å². The van der Waals surface area contributed by atoms with Crippen molar-refractivity contribution in [3.8, 4) is 11.5 Å². The minimum absolute atomic E-state index is 0.212. The van der Waals surface area contributed by atoms with Crippen molar-refractivity contribution in [1.82, 2.24) is 4.90 Å². The number of piperidine rings is 1. The van der Waals surface area contributed by atoms with Crippen LogP contribution in [-0.4, -0.2) is 44.2 Å². The fourth-order valence-corrected chi connectivity index (χ4v) is 2.87. The van der Waals surface area contributed by atoms with Crippen molar-refractivity contribution in [3.05, 3.63) is 30.9 Å². The van der Waals surface area contributed by atoms with Crippen LogP contribution in [0.1, 0.15) is 25.7 Å². The van der Waals surface area contributed by atoms with Crippen LogP contribution in [0.15, 0.2) is 30.9 Å². The molecule has 1 atom stereocenters. The molecule has 1 fully saturated rings. The Balaban J connectivity index is 1.97. The Labute approximate surface area is 138 Å². The van der Waals surface area contributed by atoms with Crippen LogP contribution in [0.3, 0.4) is 0 Å². The van der Waals surface area contributed by atoms with Crippen molar-refractivity contribution in [2.24, 2.45) is 0 Å². The van der Waals surface area contributed by atoms with Crippen molar-refractivity contribution in [1.29, 1.82) is 0 Å². The van der Waals surface area contributed by atoms with Gasteiger partial charge in [-0.3, -0.25) is 4.79 Å². The first kappa shape index (κ1) is 17.2. The van der Waals surface area contributed by atoms with E-state index in [0.717, 1.165) is 38.0 Å². The lowest BCUT2D eigenvalue weighted by atomic mass is 10.0. The van der Waals surface area contributed by atoms with E-state index in [1.165, 1.54) is 0 Å². The highest BCUT2D eigenvalue weighted by atomic mass is 16.5. The Morgan fingerprint density at radius 1 is 1.39 bits per heavy atom. The van der Waals surface area contributed by atoms with Crippen LogP contribution in [0.25, 0.3) is 0 Å². The fourth-order valence-electron chi connectivity index (χ4n) is 2.87. The Morgan fingerprint density at radius 3 is 2.87 bits per heavy atom. The van der Waals surface area contributed by atoms with Gasteiger partial charge in [0, 0.05) is 37.3 Å². The van der Waals surface area contributed by atoms with Crippen LogP contribution < -0.4 is 14.8 Å². The summed E-state index contributed by atoms with van der Waals surface area (Å²) in [7, 11) is 3.25. The Hall–Kier alpha value is -2.17. The second kappa shape index (κ2) is 8.46. The lowest BCUT2D eigenvalue weighted by Crippen LogP contribution is -2.45. The van der Waals surface area contributed by atoms with E-state index in [0.29, 0.717) is 17.9 Å². The molecule has 1 aliphatic rings. The van der Waals surface area contributed by atoms with Crippen LogP contribution in [0.4, 0.5) is 5.69 Å². The molecular formula is C18H26N2O3. The second-order valence-corrected chi connectivity index (χ2v) is 5.72. The number of anilines is 1. The second-order valence-electron chi connectivity index (χ2n) is 5.72. The predicted octanol–water partition coefficient (Wildman–Crippen LogP) is 3.07. The van der Waals surface area contributed by atoms with Gasteiger partial charge in [0.05, 0.1) is 14.2 Å². The quantitative estimate of drug-likeness (QED) is 0.785. The predicted molar refractivity (Wildman–Crippen MR) is 92.2 cm³/mol. The van der Waals surface area contributed by atoms with Crippen molar-refractivity contribution < 1.29 is 14.3 Å². The fraction of sp³-hybridized carbons (Fsp3) is 0.500. The highest BCUT2D eigenvalue weighted by Crippen LogP contribution is 2.30. The first-order chi connectivity index (χ1) is 11.2. The minimum Gasteiger partial charge on any atom is -0.493 e.